The average molecular weight is 237 g/mol. The highest BCUT2D eigenvalue weighted by Gasteiger charge is 2.36. The van der Waals surface area contributed by atoms with Crippen LogP contribution in [0.2, 0.25) is 0 Å². The fraction of sp³-hybridized carbons (Fsp3) is 0.571. The standard InChI is InChI=1S/C14H21O3/c1-5-16-12(4)17-14(8-6-11(2)3)9-7-13(15)10-14/h7,9,12H,2,4-6,8,10H2,1,3H3. The van der Waals surface area contributed by atoms with Crippen LogP contribution in [-0.4, -0.2) is 24.3 Å². The smallest absolute Gasteiger partial charge is 0.158 e. The molecule has 1 radical (unpaired) electrons. The van der Waals surface area contributed by atoms with E-state index < -0.39 is 11.9 Å². The van der Waals surface area contributed by atoms with Gasteiger partial charge in [0, 0.05) is 20.0 Å². The van der Waals surface area contributed by atoms with E-state index in [1.165, 1.54) is 0 Å². The third-order valence-corrected chi connectivity index (χ3v) is 2.74. The van der Waals surface area contributed by atoms with E-state index in [0.29, 0.717) is 13.0 Å². The molecule has 0 bridgehead atoms. The largest absolute Gasteiger partial charge is 0.353 e. The van der Waals surface area contributed by atoms with Crippen molar-refractivity contribution in [3.05, 3.63) is 31.2 Å². The topological polar surface area (TPSA) is 35.5 Å². The zero-order valence-corrected chi connectivity index (χ0v) is 10.7. The summed E-state index contributed by atoms with van der Waals surface area (Å²) in [5.74, 6) is 0.0930. The number of ketones is 1. The quantitative estimate of drug-likeness (QED) is 0.504. The van der Waals surface area contributed by atoms with Crippen LogP contribution in [0, 0.1) is 6.92 Å². The Labute approximate surface area is 103 Å². The number of hydrogen-bond donors (Lipinski definition) is 0. The van der Waals surface area contributed by atoms with Crippen LogP contribution in [0.1, 0.15) is 33.1 Å². The highest BCUT2D eigenvalue weighted by molar-refractivity contribution is 5.93. The van der Waals surface area contributed by atoms with Crippen molar-refractivity contribution in [1.82, 2.24) is 0 Å². The molecule has 1 rings (SSSR count). The van der Waals surface area contributed by atoms with Crippen LogP contribution >= 0.6 is 0 Å². The molecule has 2 unspecified atom stereocenters. The van der Waals surface area contributed by atoms with Gasteiger partial charge in [0.2, 0.25) is 0 Å². The Bertz CT molecular complexity index is 319. The van der Waals surface area contributed by atoms with Crippen molar-refractivity contribution < 1.29 is 14.3 Å². The summed E-state index contributed by atoms with van der Waals surface area (Å²) < 4.78 is 11.0. The second-order valence-corrected chi connectivity index (χ2v) is 4.50. The zero-order valence-electron chi connectivity index (χ0n) is 10.7. The molecule has 0 spiro atoms. The lowest BCUT2D eigenvalue weighted by Crippen LogP contribution is -2.34. The highest BCUT2D eigenvalue weighted by atomic mass is 16.7. The van der Waals surface area contributed by atoms with Crippen molar-refractivity contribution >= 4 is 5.78 Å². The summed E-state index contributed by atoms with van der Waals surface area (Å²) in [6, 6.07) is 0. The maximum absolute atomic E-state index is 11.4. The molecule has 0 fully saturated rings. The number of hydrogen-bond acceptors (Lipinski definition) is 3. The molecule has 0 aromatic heterocycles. The summed E-state index contributed by atoms with van der Waals surface area (Å²) in [5.41, 5.74) is 0.523. The molecule has 0 aromatic rings. The van der Waals surface area contributed by atoms with Crippen LogP contribution < -0.4 is 0 Å². The first-order valence-corrected chi connectivity index (χ1v) is 5.96. The molecule has 95 valence electrons. The van der Waals surface area contributed by atoms with E-state index in [4.69, 9.17) is 9.47 Å². The molecule has 3 nitrogen and oxygen atoms in total. The van der Waals surface area contributed by atoms with Gasteiger partial charge >= 0.3 is 0 Å². The van der Waals surface area contributed by atoms with Gasteiger partial charge in [-0.15, -0.1) is 6.58 Å². The van der Waals surface area contributed by atoms with Crippen molar-refractivity contribution in [2.75, 3.05) is 6.61 Å². The second kappa shape index (κ2) is 6.12. The first-order valence-electron chi connectivity index (χ1n) is 5.96. The van der Waals surface area contributed by atoms with Crippen LogP contribution in [0.4, 0.5) is 0 Å². The van der Waals surface area contributed by atoms with Crippen molar-refractivity contribution in [3.63, 3.8) is 0 Å². The van der Waals surface area contributed by atoms with Crippen LogP contribution in [0.15, 0.2) is 24.3 Å². The summed E-state index contributed by atoms with van der Waals surface area (Å²) in [6.07, 6.45) is 4.81. The Morgan fingerprint density at radius 1 is 1.65 bits per heavy atom. The van der Waals surface area contributed by atoms with Crippen molar-refractivity contribution in [3.8, 4) is 0 Å². The molecule has 0 heterocycles. The molecule has 0 amide bonds. The van der Waals surface area contributed by atoms with E-state index in [-0.39, 0.29) is 5.78 Å². The van der Waals surface area contributed by atoms with Crippen molar-refractivity contribution in [1.29, 1.82) is 0 Å². The summed E-state index contributed by atoms with van der Waals surface area (Å²) in [4.78, 5) is 11.4. The number of carbonyl (C=O) groups is 1. The maximum Gasteiger partial charge on any atom is 0.158 e. The maximum atomic E-state index is 11.4. The molecule has 1 aliphatic carbocycles. The molecular weight excluding hydrogens is 216 g/mol. The Morgan fingerprint density at radius 2 is 2.35 bits per heavy atom. The molecule has 2 atom stereocenters. The van der Waals surface area contributed by atoms with Crippen molar-refractivity contribution in [2.24, 2.45) is 0 Å². The van der Waals surface area contributed by atoms with E-state index in [9.17, 15) is 4.79 Å². The average Bonchev–Trinajstić information content (AvgIpc) is 2.58. The van der Waals surface area contributed by atoms with E-state index in [1.54, 1.807) is 6.08 Å². The first-order chi connectivity index (χ1) is 7.97. The third kappa shape index (κ3) is 4.44. The van der Waals surface area contributed by atoms with E-state index in [1.807, 2.05) is 19.9 Å². The lowest BCUT2D eigenvalue weighted by atomic mass is 9.94. The Hall–Kier alpha value is -0.930. The summed E-state index contributed by atoms with van der Waals surface area (Å²) >= 11 is 0. The van der Waals surface area contributed by atoms with Crippen LogP contribution in [0.3, 0.4) is 0 Å². The van der Waals surface area contributed by atoms with Gasteiger partial charge in [-0.2, -0.15) is 0 Å². The molecular formula is C14H21O3. The molecule has 3 heteroatoms. The van der Waals surface area contributed by atoms with Gasteiger partial charge in [-0.05, 0) is 38.8 Å². The molecule has 17 heavy (non-hydrogen) atoms. The predicted molar refractivity (Wildman–Crippen MR) is 67.4 cm³/mol. The minimum Gasteiger partial charge on any atom is -0.353 e. The lowest BCUT2D eigenvalue weighted by Gasteiger charge is -2.30. The van der Waals surface area contributed by atoms with Gasteiger partial charge in [-0.1, -0.05) is 5.57 Å². The monoisotopic (exact) mass is 237 g/mol. The van der Waals surface area contributed by atoms with Gasteiger partial charge in [0.1, 0.15) is 0 Å². The lowest BCUT2D eigenvalue weighted by molar-refractivity contribution is -0.172. The Morgan fingerprint density at radius 3 is 2.82 bits per heavy atom. The molecule has 1 aliphatic rings. The number of carbonyl (C=O) groups excluding carboxylic acids is 1. The SMILES string of the molecule is [CH2]C(OCC)OC1(CCC(=C)C)C=CC(=O)C1. The van der Waals surface area contributed by atoms with Gasteiger partial charge in [-0.3, -0.25) is 4.79 Å². The number of ether oxygens (including phenoxy) is 2. The molecule has 0 N–H and O–H groups in total. The highest BCUT2D eigenvalue weighted by Crippen LogP contribution is 2.32. The van der Waals surface area contributed by atoms with Crippen molar-refractivity contribution in [2.45, 2.75) is 45.0 Å². The zero-order chi connectivity index (χ0) is 12.9. The van der Waals surface area contributed by atoms with Crippen LogP contribution in [-0.2, 0) is 14.3 Å². The fourth-order valence-corrected chi connectivity index (χ4v) is 1.88. The molecule has 0 saturated carbocycles. The van der Waals surface area contributed by atoms with Gasteiger partial charge in [0.05, 0.1) is 5.60 Å². The van der Waals surface area contributed by atoms with Gasteiger partial charge < -0.3 is 9.47 Å². The Kier molecular flexibility index (Phi) is 5.09. The van der Waals surface area contributed by atoms with E-state index in [0.717, 1.165) is 18.4 Å². The molecule has 0 aromatic carbocycles. The van der Waals surface area contributed by atoms with Gasteiger partial charge in [-0.25, -0.2) is 0 Å². The third-order valence-electron chi connectivity index (χ3n) is 2.74. The van der Waals surface area contributed by atoms with Crippen LogP contribution in [0.25, 0.3) is 0 Å². The second-order valence-electron chi connectivity index (χ2n) is 4.50. The van der Waals surface area contributed by atoms with Gasteiger partial charge in [0.25, 0.3) is 0 Å². The predicted octanol–water partition coefficient (Wildman–Crippen LogP) is 2.82. The summed E-state index contributed by atoms with van der Waals surface area (Å²) in [7, 11) is 0. The molecule has 0 saturated heterocycles. The summed E-state index contributed by atoms with van der Waals surface area (Å²) in [5, 5.41) is 0. The Balaban J connectivity index is 2.63. The number of allylic oxidation sites excluding steroid dienone is 2. The van der Waals surface area contributed by atoms with E-state index in [2.05, 4.69) is 13.5 Å². The summed E-state index contributed by atoms with van der Waals surface area (Å²) in [6.45, 7) is 12.0. The normalized spacial score (nSPS) is 25.2. The molecule has 0 aliphatic heterocycles. The number of rotatable bonds is 7. The van der Waals surface area contributed by atoms with Gasteiger partial charge in [0.15, 0.2) is 12.1 Å². The van der Waals surface area contributed by atoms with Crippen LogP contribution in [0.5, 0.6) is 0 Å². The first kappa shape index (κ1) is 14.1. The fourth-order valence-electron chi connectivity index (χ4n) is 1.88. The minimum atomic E-state index is -0.558. The van der Waals surface area contributed by atoms with E-state index >= 15 is 0 Å². The minimum absolute atomic E-state index is 0.0930.